The fourth-order valence-corrected chi connectivity index (χ4v) is 5.34. The van der Waals surface area contributed by atoms with Crippen LogP contribution in [0.5, 0.6) is 0 Å². The average molecular weight is 432 g/mol. The summed E-state index contributed by atoms with van der Waals surface area (Å²) in [6, 6.07) is 41.8. The van der Waals surface area contributed by atoms with Crippen LogP contribution in [-0.2, 0) is 0 Å². The lowest BCUT2D eigenvalue weighted by Gasteiger charge is -2.12. The van der Waals surface area contributed by atoms with Gasteiger partial charge in [-0.1, -0.05) is 91.0 Å². The summed E-state index contributed by atoms with van der Waals surface area (Å²) in [7, 11) is 0. The van der Waals surface area contributed by atoms with E-state index in [1.807, 2.05) is 12.4 Å². The molecule has 0 radical (unpaired) electrons. The summed E-state index contributed by atoms with van der Waals surface area (Å²) >= 11 is 0. The molecule has 0 N–H and O–H groups in total. The zero-order valence-electron chi connectivity index (χ0n) is 18.6. The van der Waals surface area contributed by atoms with E-state index < -0.39 is 0 Å². The first kappa shape index (κ1) is 19.0. The van der Waals surface area contributed by atoms with Gasteiger partial charge in [-0.3, -0.25) is 4.98 Å². The van der Waals surface area contributed by atoms with Crippen LogP contribution in [0.15, 0.2) is 128 Å². The van der Waals surface area contributed by atoms with Gasteiger partial charge in [0.15, 0.2) is 0 Å². The number of benzene rings is 5. The van der Waals surface area contributed by atoms with Crippen molar-refractivity contribution in [2.45, 2.75) is 0 Å². The number of rotatable bonds is 3. The van der Waals surface area contributed by atoms with Crippen molar-refractivity contribution in [1.82, 2.24) is 4.98 Å². The van der Waals surface area contributed by atoms with Crippen molar-refractivity contribution in [2.75, 3.05) is 0 Å². The Kier molecular flexibility index (Phi) is 4.22. The second-order valence-corrected chi connectivity index (χ2v) is 8.83. The maximum absolute atomic E-state index is 4.17. The molecule has 1 aliphatic carbocycles. The van der Waals surface area contributed by atoms with Crippen molar-refractivity contribution in [3.05, 3.63) is 128 Å². The third-order valence-corrected chi connectivity index (χ3v) is 6.93. The van der Waals surface area contributed by atoms with Gasteiger partial charge in [0, 0.05) is 12.4 Å². The second-order valence-electron chi connectivity index (χ2n) is 8.83. The molecule has 7 rings (SSSR count). The maximum atomic E-state index is 4.17. The van der Waals surface area contributed by atoms with Crippen LogP contribution in [-0.4, -0.2) is 4.98 Å². The highest BCUT2D eigenvalue weighted by Gasteiger charge is 2.21. The molecule has 0 spiro atoms. The molecule has 0 bridgehead atoms. The van der Waals surface area contributed by atoms with Gasteiger partial charge in [0.25, 0.3) is 0 Å². The third kappa shape index (κ3) is 2.91. The molecule has 158 valence electrons. The van der Waals surface area contributed by atoms with E-state index in [2.05, 4.69) is 120 Å². The Balaban J connectivity index is 1.33. The highest BCUT2D eigenvalue weighted by molar-refractivity contribution is 6.16. The first-order valence-electron chi connectivity index (χ1n) is 11.6. The van der Waals surface area contributed by atoms with Crippen LogP contribution in [0.4, 0.5) is 0 Å². The Morgan fingerprint density at radius 2 is 0.912 bits per heavy atom. The highest BCUT2D eigenvalue weighted by Crippen LogP contribution is 2.48. The lowest BCUT2D eigenvalue weighted by Crippen LogP contribution is -1.86. The smallest absolute Gasteiger partial charge is 0.0273 e. The molecule has 1 aliphatic rings. The number of fused-ring (bicyclic) bond motifs is 3. The van der Waals surface area contributed by atoms with Crippen LogP contribution in [0, 0.1) is 0 Å². The van der Waals surface area contributed by atoms with Gasteiger partial charge in [0.1, 0.15) is 0 Å². The number of hydrogen-bond acceptors (Lipinski definition) is 1. The van der Waals surface area contributed by atoms with E-state index in [1.54, 1.807) is 0 Å². The number of pyridine rings is 1. The van der Waals surface area contributed by atoms with Gasteiger partial charge < -0.3 is 0 Å². The quantitative estimate of drug-likeness (QED) is 0.272. The number of nitrogens with zero attached hydrogens (tertiary/aromatic N) is 1. The Hall–Kier alpha value is -4.49. The Morgan fingerprint density at radius 1 is 0.353 bits per heavy atom. The minimum Gasteiger partial charge on any atom is -0.265 e. The Morgan fingerprint density at radius 3 is 1.62 bits per heavy atom. The fourth-order valence-electron chi connectivity index (χ4n) is 5.34. The molecule has 0 aliphatic heterocycles. The van der Waals surface area contributed by atoms with Gasteiger partial charge >= 0.3 is 0 Å². The van der Waals surface area contributed by atoms with Crippen LogP contribution in [0.2, 0.25) is 0 Å². The van der Waals surface area contributed by atoms with Crippen LogP contribution in [0.3, 0.4) is 0 Å². The first-order chi connectivity index (χ1) is 16.9. The molecule has 34 heavy (non-hydrogen) atoms. The lowest BCUT2D eigenvalue weighted by atomic mass is 9.92. The van der Waals surface area contributed by atoms with Crippen LogP contribution in [0.25, 0.3) is 66.4 Å². The minimum atomic E-state index is 1.18. The van der Waals surface area contributed by atoms with Crippen molar-refractivity contribution in [2.24, 2.45) is 0 Å². The summed E-state index contributed by atoms with van der Waals surface area (Å²) in [5.74, 6) is 0. The molecule has 1 heteroatoms. The molecule has 0 fully saturated rings. The van der Waals surface area contributed by atoms with Crippen molar-refractivity contribution in [3.8, 4) is 55.6 Å². The number of aromatic nitrogens is 1. The van der Waals surface area contributed by atoms with Crippen molar-refractivity contribution < 1.29 is 0 Å². The molecular weight excluding hydrogens is 410 g/mol. The van der Waals surface area contributed by atoms with E-state index >= 15 is 0 Å². The molecule has 0 unspecified atom stereocenters. The van der Waals surface area contributed by atoms with Crippen LogP contribution in [0.1, 0.15) is 0 Å². The third-order valence-electron chi connectivity index (χ3n) is 6.93. The summed E-state index contributed by atoms with van der Waals surface area (Å²) in [5, 5.41) is 2.67. The van der Waals surface area contributed by atoms with Crippen molar-refractivity contribution in [1.29, 1.82) is 0 Å². The van der Waals surface area contributed by atoms with Gasteiger partial charge in [0.05, 0.1) is 0 Å². The summed E-state index contributed by atoms with van der Waals surface area (Å²) < 4.78 is 0. The van der Waals surface area contributed by atoms with Gasteiger partial charge in [-0.25, -0.2) is 0 Å². The average Bonchev–Trinajstić information content (AvgIpc) is 3.24. The first-order valence-corrected chi connectivity index (χ1v) is 11.6. The molecule has 0 atom stereocenters. The summed E-state index contributed by atoms with van der Waals surface area (Å²) in [6.07, 6.45) is 3.70. The van der Waals surface area contributed by atoms with Crippen molar-refractivity contribution >= 4 is 10.8 Å². The summed E-state index contributed by atoms with van der Waals surface area (Å²) in [4.78, 5) is 4.17. The van der Waals surface area contributed by atoms with Crippen LogP contribution < -0.4 is 0 Å². The largest absolute Gasteiger partial charge is 0.265 e. The van der Waals surface area contributed by atoms with E-state index in [1.165, 1.54) is 66.4 Å². The molecule has 6 aromatic rings. The monoisotopic (exact) mass is 431 g/mol. The molecule has 0 saturated heterocycles. The van der Waals surface area contributed by atoms with E-state index in [0.29, 0.717) is 0 Å². The molecule has 0 saturated carbocycles. The maximum Gasteiger partial charge on any atom is 0.0273 e. The topological polar surface area (TPSA) is 12.9 Å². The highest BCUT2D eigenvalue weighted by atomic mass is 14.6. The molecule has 1 heterocycles. The Bertz CT molecular complexity index is 1680. The van der Waals surface area contributed by atoms with E-state index in [4.69, 9.17) is 0 Å². The van der Waals surface area contributed by atoms with E-state index in [0.717, 1.165) is 0 Å². The molecular formula is C33H21N. The van der Waals surface area contributed by atoms with Gasteiger partial charge in [-0.15, -0.1) is 0 Å². The summed E-state index contributed by atoms with van der Waals surface area (Å²) in [5.41, 5.74) is 12.7. The fraction of sp³-hybridized carbons (Fsp3) is 0. The van der Waals surface area contributed by atoms with E-state index in [9.17, 15) is 0 Å². The Labute approximate surface area is 199 Å². The van der Waals surface area contributed by atoms with Crippen molar-refractivity contribution in [3.63, 3.8) is 0 Å². The molecule has 1 aromatic heterocycles. The zero-order valence-corrected chi connectivity index (χ0v) is 18.6. The normalized spacial score (nSPS) is 11.5. The molecule has 5 aromatic carbocycles. The zero-order chi connectivity index (χ0) is 22.5. The van der Waals surface area contributed by atoms with Gasteiger partial charge in [-0.05, 0) is 90.7 Å². The van der Waals surface area contributed by atoms with E-state index in [-0.39, 0.29) is 0 Å². The summed E-state index contributed by atoms with van der Waals surface area (Å²) in [6.45, 7) is 0. The van der Waals surface area contributed by atoms with Gasteiger partial charge in [0.2, 0.25) is 0 Å². The van der Waals surface area contributed by atoms with Gasteiger partial charge in [-0.2, -0.15) is 0 Å². The van der Waals surface area contributed by atoms with Crippen LogP contribution >= 0.6 is 0 Å². The number of hydrogen-bond donors (Lipinski definition) is 0. The molecule has 1 nitrogen and oxygen atoms in total. The minimum absolute atomic E-state index is 1.18. The molecule has 0 amide bonds. The second kappa shape index (κ2) is 7.54. The SMILES string of the molecule is c1ccc(-c2ccc(-c3cc4c5c(cccc5c3)-c3ccccc3-4)cc2)c(-c2ccncc2)c1. The standard InChI is InChI=1S/C33H21N/c1-2-8-28(24-16-18-34-19-17-24)27(7-1)23-14-12-22(13-15-23)26-20-25-6-5-11-31-29-9-3-4-10-30(29)32(21-26)33(25)31/h1-21H. The predicted molar refractivity (Wildman–Crippen MR) is 142 cm³/mol. The predicted octanol–water partition coefficient (Wildman–Crippen LogP) is 8.88. The lowest BCUT2D eigenvalue weighted by molar-refractivity contribution is 1.33.